The summed E-state index contributed by atoms with van der Waals surface area (Å²) in [6.45, 7) is 1.67. The van der Waals surface area contributed by atoms with Gasteiger partial charge < -0.3 is 9.47 Å². The van der Waals surface area contributed by atoms with Crippen molar-refractivity contribution in [3.8, 4) is 5.75 Å². The number of thiazole rings is 1. The number of ether oxygens (including phenoxy) is 2. The fourth-order valence-corrected chi connectivity index (χ4v) is 2.81. The molecule has 0 atom stereocenters. The Morgan fingerprint density at radius 1 is 1.32 bits per heavy atom. The first kappa shape index (κ1) is 16.3. The number of methoxy groups -OCH3 is 2. The van der Waals surface area contributed by atoms with Gasteiger partial charge in [0.1, 0.15) is 10.6 Å². The van der Waals surface area contributed by atoms with E-state index in [-0.39, 0.29) is 5.56 Å². The van der Waals surface area contributed by atoms with E-state index in [1.165, 1.54) is 20.3 Å². The molecule has 0 saturated carbocycles. The van der Waals surface area contributed by atoms with E-state index in [0.29, 0.717) is 26.5 Å². The topological polar surface area (TPSA) is 77.5 Å². The molecule has 0 unspecified atom stereocenters. The van der Waals surface area contributed by atoms with Gasteiger partial charge in [0.2, 0.25) is 0 Å². The van der Waals surface area contributed by atoms with Crippen molar-refractivity contribution >= 4 is 39.9 Å². The summed E-state index contributed by atoms with van der Waals surface area (Å²) in [6.07, 6.45) is 0. The van der Waals surface area contributed by atoms with Crippen LogP contribution >= 0.6 is 22.9 Å². The molecule has 0 aliphatic heterocycles. The largest absolute Gasteiger partial charge is 0.496 e. The van der Waals surface area contributed by atoms with E-state index in [9.17, 15) is 9.59 Å². The number of carbonyl (C=O) groups excluding carboxylic acids is 2. The van der Waals surface area contributed by atoms with Gasteiger partial charge in [0, 0.05) is 5.02 Å². The van der Waals surface area contributed by atoms with Crippen molar-refractivity contribution in [2.45, 2.75) is 6.92 Å². The molecule has 1 heterocycles. The molecule has 1 amide bonds. The molecule has 116 valence electrons. The number of hydrogen-bond acceptors (Lipinski definition) is 6. The summed E-state index contributed by atoms with van der Waals surface area (Å²) in [5.74, 6) is -0.524. The average Bonchev–Trinajstić information content (AvgIpc) is 2.86. The fourth-order valence-electron chi connectivity index (χ4n) is 1.75. The molecule has 22 heavy (non-hydrogen) atoms. The summed E-state index contributed by atoms with van der Waals surface area (Å²) in [5.41, 5.74) is 0.771. The van der Waals surface area contributed by atoms with Crippen molar-refractivity contribution in [3.05, 3.63) is 39.4 Å². The molecule has 0 radical (unpaired) electrons. The SMILES string of the molecule is COC(=O)c1sc(NC(=O)c2cc(Cl)ccc2OC)nc1C. The van der Waals surface area contributed by atoms with Gasteiger partial charge in [-0.2, -0.15) is 0 Å². The van der Waals surface area contributed by atoms with Crippen LogP contribution in [0.25, 0.3) is 0 Å². The Labute approximate surface area is 136 Å². The van der Waals surface area contributed by atoms with Crippen molar-refractivity contribution < 1.29 is 19.1 Å². The molecule has 6 nitrogen and oxygen atoms in total. The van der Waals surface area contributed by atoms with Crippen molar-refractivity contribution in [1.82, 2.24) is 4.98 Å². The van der Waals surface area contributed by atoms with E-state index in [1.807, 2.05) is 0 Å². The zero-order valence-electron chi connectivity index (χ0n) is 12.1. The summed E-state index contributed by atoms with van der Waals surface area (Å²) in [5, 5.41) is 3.33. The van der Waals surface area contributed by atoms with E-state index in [4.69, 9.17) is 16.3 Å². The van der Waals surface area contributed by atoms with Crippen LogP contribution < -0.4 is 10.1 Å². The molecule has 0 fully saturated rings. The van der Waals surface area contributed by atoms with Gasteiger partial charge in [-0.25, -0.2) is 9.78 Å². The summed E-state index contributed by atoms with van der Waals surface area (Å²) in [4.78, 5) is 28.3. The van der Waals surface area contributed by atoms with Crippen molar-refractivity contribution in [2.75, 3.05) is 19.5 Å². The van der Waals surface area contributed by atoms with Crippen LogP contribution in [-0.4, -0.2) is 31.1 Å². The minimum atomic E-state index is -0.490. The van der Waals surface area contributed by atoms with Gasteiger partial charge in [0.15, 0.2) is 5.13 Å². The van der Waals surface area contributed by atoms with E-state index >= 15 is 0 Å². The highest BCUT2D eigenvalue weighted by Crippen LogP contribution is 2.26. The third kappa shape index (κ3) is 3.37. The number of nitrogens with zero attached hydrogens (tertiary/aromatic N) is 1. The van der Waals surface area contributed by atoms with Gasteiger partial charge >= 0.3 is 5.97 Å². The molecular formula is C14H13ClN2O4S. The molecule has 2 rings (SSSR count). The normalized spacial score (nSPS) is 10.2. The first-order chi connectivity index (χ1) is 10.5. The van der Waals surface area contributed by atoms with Crippen molar-refractivity contribution in [1.29, 1.82) is 0 Å². The van der Waals surface area contributed by atoms with Gasteiger partial charge in [-0.3, -0.25) is 10.1 Å². The monoisotopic (exact) mass is 340 g/mol. The Hall–Kier alpha value is -2.12. The number of carbonyl (C=O) groups is 2. The number of rotatable bonds is 4. The zero-order valence-corrected chi connectivity index (χ0v) is 13.7. The first-order valence-corrected chi connectivity index (χ1v) is 7.36. The smallest absolute Gasteiger partial charge is 0.350 e. The average molecular weight is 341 g/mol. The molecule has 0 spiro atoms. The van der Waals surface area contributed by atoms with Crippen LogP contribution in [0, 0.1) is 6.92 Å². The number of aromatic nitrogens is 1. The lowest BCUT2D eigenvalue weighted by Crippen LogP contribution is -2.13. The number of benzene rings is 1. The molecule has 2 aromatic rings. The third-order valence-electron chi connectivity index (χ3n) is 2.79. The van der Waals surface area contributed by atoms with Gasteiger partial charge in [0.05, 0.1) is 25.5 Å². The van der Waals surface area contributed by atoms with Crippen LogP contribution in [0.4, 0.5) is 5.13 Å². The number of anilines is 1. The standard InChI is InChI=1S/C14H13ClN2O4S/c1-7-11(13(19)21-3)22-14(16-7)17-12(18)9-6-8(15)4-5-10(9)20-2/h4-6H,1-3H3,(H,16,17,18). The zero-order chi connectivity index (χ0) is 16.3. The second-order valence-corrected chi connectivity index (χ2v) is 5.66. The minimum absolute atomic E-state index is 0.280. The van der Waals surface area contributed by atoms with Crippen molar-refractivity contribution in [2.24, 2.45) is 0 Å². The predicted molar refractivity (Wildman–Crippen MR) is 84.1 cm³/mol. The Kier molecular flexibility index (Phi) is 4.99. The summed E-state index contributed by atoms with van der Waals surface area (Å²) >= 11 is 6.94. The van der Waals surface area contributed by atoms with Crippen LogP contribution in [0.5, 0.6) is 5.75 Å². The molecule has 1 aromatic heterocycles. The lowest BCUT2D eigenvalue weighted by molar-refractivity contribution is 0.0605. The number of nitrogens with one attached hydrogen (secondary N) is 1. The maximum absolute atomic E-state index is 12.3. The minimum Gasteiger partial charge on any atom is -0.496 e. The molecular weight excluding hydrogens is 328 g/mol. The highest BCUT2D eigenvalue weighted by atomic mass is 35.5. The van der Waals surface area contributed by atoms with Crippen LogP contribution in [0.2, 0.25) is 5.02 Å². The van der Waals surface area contributed by atoms with Crippen LogP contribution in [0.15, 0.2) is 18.2 Å². The first-order valence-electron chi connectivity index (χ1n) is 6.17. The lowest BCUT2D eigenvalue weighted by atomic mass is 10.2. The number of hydrogen-bond donors (Lipinski definition) is 1. The van der Waals surface area contributed by atoms with Gasteiger partial charge in [-0.05, 0) is 25.1 Å². The summed E-state index contributed by atoms with van der Waals surface area (Å²) < 4.78 is 9.79. The highest BCUT2D eigenvalue weighted by Gasteiger charge is 2.19. The van der Waals surface area contributed by atoms with Crippen molar-refractivity contribution in [3.63, 3.8) is 0 Å². The van der Waals surface area contributed by atoms with Crippen LogP contribution in [-0.2, 0) is 4.74 Å². The summed E-state index contributed by atoms with van der Waals surface area (Å²) in [7, 11) is 2.75. The Morgan fingerprint density at radius 2 is 2.05 bits per heavy atom. The quantitative estimate of drug-likeness (QED) is 0.865. The van der Waals surface area contributed by atoms with E-state index < -0.39 is 11.9 Å². The van der Waals surface area contributed by atoms with Gasteiger partial charge in [-0.1, -0.05) is 22.9 Å². The number of amides is 1. The Balaban J connectivity index is 2.26. The molecule has 0 saturated heterocycles. The second-order valence-electron chi connectivity index (χ2n) is 4.22. The third-order valence-corrected chi connectivity index (χ3v) is 4.08. The van der Waals surface area contributed by atoms with Crippen LogP contribution in [0.1, 0.15) is 25.7 Å². The van der Waals surface area contributed by atoms with Gasteiger partial charge in [0.25, 0.3) is 5.91 Å². The lowest BCUT2D eigenvalue weighted by Gasteiger charge is -2.08. The Bertz CT molecular complexity index is 730. The van der Waals surface area contributed by atoms with E-state index in [1.54, 1.807) is 19.1 Å². The maximum atomic E-state index is 12.3. The molecule has 0 aliphatic carbocycles. The van der Waals surface area contributed by atoms with E-state index in [2.05, 4.69) is 15.0 Å². The van der Waals surface area contributed by atoms with Crippen LogP contribution in [0.3, 0.4) is 0 Å². The molecule has 8 heteroatoms. The maximum Gasteiger partial charge on any atom is 0.350 e. The van der Waals surface area contributed by atoms with Gasteiger partial charge in [-0.15, -0.1) is 0 Å². The molecule has 0 aliphatic rings. The predicted octanol–water partition coefficient (Wildman–Crippen LogP) is 3.15. The Morgan fingerprint density at radius 3 is 2.68 bits per heavy atom. The highest BCUT2D eigenvalue weighted by molar-refractivity contribution is 7.17. The number of esters is 1. The summed E-state index contributed by atoms with van der Waals surface area (Å²) in [6, 6.07) is 4.72. The second kappa shape index (κ2) is 6.76. The molecule has 0 bridgehead atoms. The van der Waals surface area contributed by atoms with E-state index in [0.717, 1.165) is 11.3 Å². The molecule has 1 aromatic carbocycles. The molecule has 1 N–H and O–H groups in total. The number of aryl methyl sites for hydroxylation is 1. The number of halogens is 1. The fraction of sp³-hybridized carbons (Fsp3) is 0.214.